The fraction of sp³-hybridized carbons (Fsp3) is 0.417. The highest BCUT2D eigenvalue weighted by atomic mass is 16.5. The number of pyridine rings is 1. The van der Waals surface area contributed by atoms with E-state index in [-0.39, 0.29) is 11.7 Å². The molecule has 0 atom stereocenters. The number of hydrogen-bond acceptors (Lipinski definition) is 7. The van der Waals surface area contributed by atoms with Crippen molar-refractivity contribution in [3.63, 3.8) is 0 Å². The maximum Gasteiger partial charge on any atom is 0.330 e. The standard InChI is InChI=1S/C24H29N7O2/c1-16-13-20-17(5-4-8-25-20)14-19(16)27-23-26-15-21-22(28-23)31(24(32)29(21)2)18-6-9-30(10-7-18)11-12-33-3/h4-5,8,13-15,18H,6-7,9-12H2,1-3H3,(H,26,27,28). The maximum absolute atomic E-state index is 13.1. The SMILES string of the molecule is COCCN1CCC(n2c(=O)n(C)c3cnc(Nc4cc5cccnc5cc4C)nc32)CC1. The van der Waals surface area contributed by atoms with Crippen LogP contribution < -0.4 is 11.0 Å². The largest absolute Gasteiger partial charge is 0.383 e. The Balaban J connectivity index is 1.46. The number of nitrogens with one attached hydrogen (secondary N) is 1. The summed E-state index contributed by atoms with van der Waals surface area (Å²) in [6, 6.07) is 8.18. The zero-order valence-corrected chi connectivity index (χ0v) is 19.3. The number of aryl methyl sites for hydroxylation is 2. The van der Waals surface area contributed by atoms with Gasteiger partial charge in [0.25, 0.3) is 0 Å². The smallest absolute Gasteiger partial charge is 0.330 e. The predicted molar refractivity (Wildman–Crippen MR) is 129 cm³/mol. The van der Waals surface area contributed by atoms with E-state index in [9.17, 15) is 4.79 Å². The fourth-order valence-corrected chi connectivity index (χ4v) is 4.63. The molecule has 0 bridgehead atoms. The molecule has 0 saturated carbocycles. The third kappa shape index (κ3) is 4.09. The number of methoxy groups -OCH3 is 1. The number of piperidine rings is 1. The minimum atomic E-state index is -0.0419. The Kier molecular flexibility index (Phi) is 5.82. The molecule has 1 aliphatic heterocycles. The van der Waals surface area contributed by atoms with E-state index in [0.717, 1.165) is 66.8 Å². The van der Waals surface area contributed by atoms with E-state index < -0.39 is 0 Å². The number of imidazole rings is 1. The quantitative estimate of drug-likeness (QED) is 0.486. The van der Waals surface area contributed by atoms with Crippen LogP contribution in [0.4, 0.5) is 11.6 Å². The minimum Gasteiger partial charge on any atom is -0.383 e. The van der Waals surface area contributed by atoms with Crippen LogP contribution in [-0.2, 0) is 11.8 Å². The van der Waals surface area contributed by atoms with Gasteiger partial charge in [0.2, 0.25) is 5.95 Å². The molecule has 0 radical (unpaired) electrons. The summed E-state index contributed by atoms with van der Waals surface area (Å²) in [5.74, 6) is 0.478. The molecule has 0 spiro atoms. The molecule has 1 aliphatic rings. The Bertz CT molecular complexity index is 1350. The molecule has 3 aromatic heterocycles. The first-order chi connectivity index (χ1) is 16.0. The van der Waals surface area contributed by atoms with Crippen molar-refractivity contribution in [2.45, 2.75) is 25.8 Å². The second-order valence-corrected chi connectivity index (χ2v) is 8.67. The Morgan fingerprint density at radius 3 is 2.82 bits per heavy atom. The van der Waals surface area contributed by atoms with Gasteiger partial charge in [-0.15, -0.1) is 0 Å². The number of nitrogens with zero attached hydrogens (tertiary/aromatic N) is 6. The average Bonchev–Trinajstić information content (AvgIpc) is 3.08. The van der Waals surface area contributed by atoms with Crippen molar-refractivity contribution in [3.8, 4) is 0 Å². The topological polar surface area (TPSA) is 90.1 Å². The summed E-state index contributed by atoms with van der Waals surface area (Å²) >= 11 is 0. The van der Waals surface area contributed by atoms with Crippen LogP contribution in [0.1, 0.15) is 24.4 Å². The van der Waals surface area contributed by atoms with E-state index in [4.69, 9.17) is 9.72 Å². The van der Waals surface area contributed by atoms with Crippen molar-refractivity contribution in [2.24, 2.45) is 7.05 Å². The number of ether oxygens (including phenoxy) is 1. The van der Waals surface area contributed by atoms with E-state index in [1.165, 1.54) is 0 Å². The van der Waals surface area contributed by atoms with E-state index in [1.807, 2.05) is 29.7 Å². The van der Waals surface area contributed by atoms with Crippen molar-refractivity contribution in [2.75, 3.05) is 38.7 Å². The number of anilines is 2. The molecule has 4 aromatic rings. The van der Waals surface area contributed by atoms with Gasteiger partial charge in [0.1, 0.15) is 5.52 Å². The summed E-state index contributed by atoms with van der Waals surface area (Å²) in [5.41, 5.74) is 4.30. The predicted octanol–water partition coefficient (Wildman–Crippen LogP) is 3.01. The number of hydrogen-bond donors (Lipinski definition) is 1. The maximum atomic E-state index is 13.1. The first-order valence-corrected chi connectivity index (χ1v) is 11.3. The Morgan fingerprint density at radius 1 is 1.21 bits per heavy atom. The molecule has 1 saturated heterocycles. The van der Waals surface area contributed by atoms with Gasteiger partial charge in [-0.05, 0) is 43.5 Å². The van der Waals surface area contributed by atoms with Crippen LogP contribution in [0.3, 0.4) is 0 Å². The summed E-state index contributed by atoms with van der Waals surface area (Å²) < 4.78 is 8.70. The fourth-order valence-electron chi connectivity index (χ4n) is 4.63. The molecule has 1 N–H and O–H groups in total. The van der Waals surface area contributed by atoms with E-state index in [1.54, 1.807) is 31.1 Å². The van der Waals surface area contributed by atoms with E-state index in [2.05, 4.69) is 26.3 Å². The molecule has 9 heteroatoms. The normalized spacial score (nSPS) is 15.5. The van der Waals surface area contributed by atoms with Crippen LogP contribution in [0.15, 0.2) is 41.5 Å². The molecule has 0 unspecified atom stereocenters. The summed E-state index contributed by atoms with van der Waals surface area (Å²) in [5, 5.41) is 4.39. The van der Waals surface area contributed by atoms with Crippen molar-refractivity contribution < 1.29 is 4.74 Å². The van der Waals surface area contributed by atoms with Gasteiger partial charge in [-0.2, -0.15) is 4.98 Å². The van der Waals surface area contributed by atoms with Crippen molar-refractivity contribution in [3.05, 3.63) is 52.7 Å². The van der Waals surface area contributed by atoms with Gasteiger partial charge in [-0.1, -0.05) is 6.07 Å². The zero-order valence-electron chi connectivity index (χ0n) is 19.3. The molecular weight excluding hydrogens is 418 g/mol. The first-order valence-electron chi connectivity index (χ1n) is 11.3. The molecule has 0 amide bonds. The summed E-state index contributed by atoms with van der Waals surface area (Å²) in [7, 11) is 3.51. The number of fused-ring (bicyclic) bond motifs is 2. The van der Waals surface area contributed by atoms with Gasteiger partial charge < -0.3 is 15.0 Å². The lowest BCUT2D eigenvalue weighted by Gasteiger charge is -2.32. The molecular formula is C24H29N7O2. The van der Waals surface area contributed by atoms with Gasteiger partial charge in [0, 0.05) is 57.1 Å². The molecule has 33 heavy (non-hydrogen) atoms. The molecule has 0 aliphatic carbocycles. The summed E-state index contributed by atoms with van der Waals surface area (Å²) in [6.45, 7) is 5.56. The molecule has 9 nitrogen and oxygen atoms in total. The van der Waals surface area contributed by atoms with Crippen molar-refractivity contribution in [1.82, 2.24) is 29.0 Å². The second kappa shape index (κ2) is 8.92. The summed E-state index contributed by atoms with van der Waals surface area (Å²) in [4.78, 5) is 29.2. The molecule has 172 valence electrons. The first kappa shape index (κ1) is 21.5. The Labute approximate surface area is 192 Å². The van der Waals surface area contributed by atoms with Crippen LogP contribution >= 0.6 is 0 Å². The highest BCUT2D eigenvalue weighted by Gasteiger charge is 2.25. The second-order valence-electron chi connectivity index (χ2n) is 8.67. The van der Waals surface area contributed by atoms with Gasteiger partial charge >= 0.3 is 5.69 Å². The van der Waals surface area contributed by atoms with Crippen LogP contribution in [0.25, 0.3) is 22.1 Å². The lowest BCUT2D eigenvalue weighted by molar-refractivity contribution is 0.121. The van der Waals surface area contributed by atoms with E-state index in [0.29, 0.717) is 11.6 Å². The lowest BCUT2D eigenvalue weighted by atomic mass is 10.0. The van der Waals surface area contributed by atoms with Gasteiger partial charge in [-0.3, -0.25) is 14.1 Å². The van der Waals surface area contributed by atoms with Gasteiger partial charge in [0.15, 0.2) is 5.65 Å². The molecule has 4 heterocycles. The monoisotopic (exact) mass is 447 g/mol. The summed E-state index contributed by atoms with van der Waals surface area (Å²) in [6.07, 6.45) is 5.34. The zero-order chi connectivity index (χ0) is 22.9. The highest BCUT2D eigenvalue weighted by molar-refractivity contribution is 5.85. The number of rotatable bonds is 6. The Hall–Kier alpha value is -3.30. The molecule has 5 rings (SSSR count). The number of benzene rings is 1. The Morgan fingerprint density at radius 2 is 2.03 bits per heavy atom. The highest BCUT2D eigenvalue weighted by Crippen LogP contribution is 2.27. The van der Waals surface area contributed by atoms with Crippen LogP contribution in [0, 0.1) is 6.92 Å². The van der Waals surface area contributed by atoms with Crippen LogP contribution in [0.2, 0.25) is 0 Å². The van der Waals surface area contributed by atoms with Crippen molar-refractivity contribution in [1.29, 1.82) is 0 Å². The van der Waals surface area contributed by atoms with Gasteiger partial charge in [0.05, 0.1) is 18.3 Å². The van der Waals surface area contributed by atoms with Crippen LogP contribution in [-0.4, -0.2) is 62.3 Å². The van der Waals surface area contributed by atoms with Crippen LogP contribution in [0.5, 0.6) is 0 Å². The third-order valence-corrected chi connectivity index (χ3v) is 6.56. The molecule has 1 fully saturated rings. The number of likely N-dealkylation sites (tertiary alicyclic amines) is 1. The average molecular weight is 448 g/mol. The lowest BCUT2D eigenvalue weighted by Crippen LogP contribution is -2.39. The van der Waals surface area contributed by atoms with Gasteiger partial charge in [-0.25, -0.2) is 9.78 Å². The minimum absolute atomic E-state index is 0.0419. The number of aromatic nitrogens is 5. The molecule has 1 aromatic carbocycles. The third-order valence-electron chi connectivity index (χ3n) is 6.56. The van der Waals surface area contributed by atoms with Crippen molar-refractivity contribution >= 4 is 33.7 Å². The van der Waals surface area contributed by atoms with E-state index >= 15 is 0 Å².